The largest absolute Gasteiger partial charge is 0.486 e. The second-order valence-corrected chi connectivity index (χ2v) is 9.63. The van der Waals surface area contributed by atoms with Crippen LogP contribution in [0.4, 0.5) is 5.82 Å². The highest BCUT2D eigenvalue weighted by Crippen LogP contribution is 2.47. The van der Waals surface area contributed by atoms with Crippen LogP contribution in [0.15, 0.2) is 28.0 Å². The molecule has 29 heavy (non-hydrogen) atoms. The lowest BCUT2D eigenvalue weighted by Crippen LogP contribution is -2.35. The highest BCUT2D eigenvalue weighted by atomic mass is 32.2. The summed E-state index contributed by atoms with van der Waals surface area (Å²) in [6.07, 6.45) is 1.69. The highest BCUT2D eigenvalue weighted by Gasteiger charge is 2.36. The van der Waals surface area contributed by atoms with Gasteiger partial charge >= 0.3 is 0 Å². The van der Waals surface area contributed by atoms with Crippen molar-refractivity contribution in [2.45, 2.75) is 50.5 Å². The second-order valence-electron chi connectivity index (χ2n) is 8.33. The minimum atomic E-state index is -0.214. The van der Waals surface area contributed by atoms with Gasteiger partial charge in [-0.25, -0.2) is 4.99 Å². The Morgan fingerprint density at radius 1 is 1.21 bits per heavy atom. The minimum Gasteiger partial charge on any atom is -0.486 e. The van der Waals surface area contributed by atoms with Crippen molar-refractivity contribution in [3.8, 4) is 11.5 Å². The molecule has 1 saturated heterocycles. The van der Waals surface area contributed by atoms with Gasteiger partial charge in [0.2, 0.25) is 0 Å². The molecular weight excluding hydrogens is 390 g/mol. The first-order chi connectivity index (χ1) is 13.9. The highest BCUT2D eigenvalue weighted by molar-refractivity contribution is 8.14. The summed E-state index contributed by atoms with van der Waals surface area (Å²) in [5, 5.41) is 3.89. The van der Waals surface area contributed by atoms with E-state index in [-0.39, 0.29) is 22.5 Å². The second kappa shape index (κ2) is 6.95. The lowest BCUT2D eigenvalue weighted by molar-refractivity contribution is -0.0705. The maximum absolute atomic E-state index is 13.0. The molecule has 0 saturated carbocycles. The van der Waals surface area contributed by atoms with Crippen LogP contribution in [0.1, 0.15) is 56.0 Å². The van der Waals surface area contributed by atoms with Crippen LogP contribution in [-0.4, -0.2) is 40.2 Å². The van der Waals surface area contributed by atoms with E-state index in [1.807, 2.05) is 29.8 Å². The van der Waals surface area contributed by atoms with Gasteiger partial charge in [-0.15, -0.1) is 0 Å². The van der Waals surface area contributed by atoms with Crippen molar-refractivity contribution >= 4 is 22.6 Å². The van der Waals surface area contributed by atoms with Crippen LogP contribution in [0, 0.1) is 0 Å². The van der Waals surface area contributed by atoms with E-state index >= 15 is 0 Å². The molecule has 1 aromatic carbocycles. The number of fused-ring (bicyclic) bond motifs is 2. The molecule has 8 heteroatoms. The quantitative estimate of drug-likeness (QED) is 0.803. The summed E-state index contributed by atoms with van der Waals surface area (Å²) in [6.45, 7) is 7.95. The first-order valence-corrected chi connectivity index (χ1v) is 10.9. The SMILES string of the molecule is CC1=Nc2c(c(=O)[nH]n2[C@@H]2CCOC(C)(C)C2)[C@H](c2ccc3c(c2)OCCO3)S1. The number of rotatable bonds is 2. The van der Waals surface area contributed by atoms with Crippen LogP contribution >= 0.6 is 11.8 Å². The summed E-state index contributed by atoms with van der Waals surface area (Å²) < 4.78 is 19.2. The van der Waals surface area contributed by atoms with E-state index in [9.17, 15) is 4.79 Å². The van der Waals surface area contributed by atoms with Crippen molar-refractivity contribution in [2.75, 3.05) is 19.8 Å². The molecule has 3 aliphatic rings. The molecule has 4 heterocycles. The molecule has 0 bridgehead atoms. The number of benzene rings is 1. The number of hydrogen-bond acceptors (Lipinski definition) is 6. The Kier molecular flexibility index (Phi) is 4.51. The Morgan fingerprint density at radius 3 is 2.79 bits per heavy atom. The number of aromatic amines is 1. The van der Waals surface area contributed by atoms with Gasteiger partial charge in [0, 0.05) is 6.61 Å². The monoisotopic (exact) mass is 415 g/mol. The molecule has 2 aromatic rings. The average Bonchev–Trinajstić information content (AvgIpc) is 3.02. The lowest BCUT2D eigenvalue weighted by atomic mass is 9.94. The Hall–Kier alpha value is -2.19. The zero-order chi connectivity index (χ0) is 20.2. The number of nitrogens with one attached hydrogen (secondary N) is 1. The van der Waals surface area contributed by atoms with Gasteiger partial charge < -0.3 is 14.2 Å². The molecule has 7 nitrogen and oxygen atoms in total. The zero-order valence-corrected chi connectivity index (χ0v) is 17.7. The van der Waals surface area contributed by atoms with E-state index in [4.69, 9.17) is 19.2 Å². The lowest BCUT2D eigenvalue weighted by Gasteiger charge is -2.36. The van der Waals surface area contributed by atoms with Crippen molar-refractivity contribution in [1.82, 2.24) is 9.78 Å². The first-order valence-electron chi connectivity index (χ1n) is 10.0. The van der Waals surface area contributed by atoms with Crippen LogP contribution in [-0.2, 0) is 4.74 Å². The standard InChI is InChI=1S/C21H25N3O4S/c1-12-22-19-17(20(25)23-24(19)14-6-7-28-21(2,3)11-14)18(29-12)13-4-5-15-16(10-13)27-9-8-26-15/h4-5,10,14,18H,6-9,11H2,1-3H3,(H,23,25)/t14-,18+/m1/s1. The zero-order valence-electron chi connectivity index (χ0n) is 16.9. The number of H-pyrrole nitrogens is 1. The average molecular weight is 416 g/mol. The number of aromatic nitrogens is 2. The molecule has 0 amide bonds. The Morgan fingerprint density at radius 2 is 2.00 bits per heavy atom. The van der Waals surface area contributed by atoms with Crippen LogP contribution < -0.4 is 15.0 Å². The van der Waals surface area contributed by atoms with Crippen molar-refractivity contribution in [3.05, 3.63) is 39.7 Å². The molecular formula is C21H25N3O4S. The summed E-state index contributed by atoms with van der Waals surface area (Å²) in [6, 6.07) is 6.10. The number of ether oxygens (including phenoxy) is 3. The number of aliphatic imine (C=N–C) groups is 1. The van der Waals surface area contributed by atoms with E-state index in [0.29, 0.717) is 25.4 Å². The Balaban J connectivity index is 1.57. The van der Waals surface area contributed by atoms with Crippen molar-refractivity contribution in [3.63, 3.8) is 0 Å². The van der Waals surface area contributed by atoms with Gasteiger partial charge in [-0.3, -0.25) is 14.6 Å². The maximum Gasteiger partial charge on any atom is 0.271 e. The number of hydrogen-bond donors (Lipinski definition) is 1. The molecule has 3 aliphatic heterocycles. The van der Waals surface area contributed by atoms with E-state index in [0.717, 1.165) is 40.8 Å². The predicted molar refractivity (Wildman–Crippen MR) is 113 cm³/mol. The first kappa shape index (κ1) is 18.8. The Labute approximate surface area is 173 Å². The summed E-state index contributed by atoms with van der Waals surface area (Å²) >= 11 is 1.60. The van der Waals surface area contributed by atoms with Gasteiger partial charge in [-0.2, -0.15) is 0 Å². The summed E-state index contributed by atoms with van der Waals surface area (Å²) in [5.41, 5.74) is 1.44. The molecule has 0 aliphatic carbocycles. The van der Waals surface area contributed by atoms with Gasteiger partial charge in [-0.05, 0) is 51.3 Å². The molecule has 0 spiro atoms. The summed E-state index contributed by atoms with van der Waals surface area (Å²) in [4.78, 5) is 17.8. The van der Waals surface area contributed by atoms with Gasteiger partial charge in [-0.1, -0.05) is 17.8 Å². The molecule has 1 aromatic heterocycles. The van der Waals surface area contributed by atoms with Gasteiger partial charge in [0.05, 0.1) is 27.5 Å². The van der Waals surface area contributed by atoms with E-state index in [2.05, 4.69) is 18.9 Å². The van der Waals surface area contributed by atoms with E-state index in [1.165, 1.54) is 0 Å². The van der Waals surface area contributed by atoms with E-state index < -0.39 is 0 Å². The summed E-state index contributed by atoms with van der Waals surface area (Å²) in [5.74, 6) is 2.23. The third-order valence-electron chi connectivity index (χ3n) is 5.65. The smallest absolute Gasteiger partial charge is 0.271 e. The van der Waals surface area contributed by atoms with Gasteiger partial charge in [0.15, 0.2) is 17.3 Å². The fourth-order valence-electron chi connectivity index (χ4n) is 4.35. The fourth-order valence-corrected chi connectivity index (χ4v) is 5.44. The molecule has 154 valence electrons. The number of thioether (sulfide) groups is 1. The minimum absolute atomic E-state index is 0.0760. The molecule has 0 unspecified atom stereocenters. The van der Waals surface area contributed by atoms with Crippen LogP contribution in [0.5, 0.6) is 11.5 Å². The van der Waals surface area contributed by atoms with Crippen molar-refractivity contribution < 1.29 is 14.2 Å². The molecule has 1 fully saturated rings. The van der Waals surface area contributed by atoms with Crippen molar-refractivity contribution in [1.29, 1.82) is 0 Å². The van der Waals surface area contributed by atoms with Crippen LogP contribution in [0.3, 0.4) is 0 Å². The third-order valence-corrected chi connectivity index (χ3v) is 6.83. The normalized spacial score (nSPS) is 25.3. The third kappa shape index (κ3) is 3.38. The molecule has 0 radical (unpaired) electrons. The Bertz CT molecular complexity index is 1040. The molecule has 5 rings (SSSR count). The van der Waals surface area contributed by atoms with Gasteiger partial charge in [0.1, 0.15) is 13.2 Å². The van der Waals surface area contributed by atoms with Crippen molar-refractivity contribution in [2.24, 2.45) is 4.99 Å². The number of nitrogens with zero attached hydrogens (tertiary/aromatic N) is 2. The maximum atomic E-state index is 13.0. The predicted octanol–water partition coefficient (Wildman–Crippen LogP) is 3.96. The van der Waals surface area contributed by atoms with Gasteiger partial charge in [0.25, 0.3) is 5.56 Å². The topological polar surface area (TPSA) is 77.8 Å². The molecule has 1 N–H and O–H groups in total. The van der Waals surface area contributed by atoms with Crippen LogP contribution in [0.2, 0.25) is 0 Å². The van der Waals surface area contributed by atoms with E-state index in [1.54, 1.807) is 11.8 Å². The fraction of sp³-hybridized carbons (Fsp3) is 0.524. The van der Waals surface area contributed by atoms with Crippen LogP contribution in [0.25, 0.3) is 0 Å². The molecule has 2 atom stereocenters. The summed E-state index contributed by atoms with van der Waals surface area (Å²) in [7, 11) is 0.